The predicted octanol–water partition coefficient (Wildman–Crippen LogP) is 11.5. The number of hydrogen-bond acceptors (Lipinski definition) is 4. The standard InChI is InChI=1S/C45H26N4O/c1-3-14-27(15-4-1)43-46-44(28-16-5-2-6-17-28)48-45(47-43)35-26-37-40(42-39(35)34-21-10-12-25-38(34)50-42)31-20-8-7-18-29(31)32-22-13-23-33-30-19-9-11-24-36(30)49(37)41(32)33/h1-26H. The van der Waals surface area contributed by atoms with E-state index in [4.69, 9.17) is 19.4 Å². The molecule has 0 amide bonds. The Morgan fingerprint density at radius 3 is 1.78 bits per heavy atom. The van der Waals surface area contributed by atoms with Crippen molar-refractivity contribution in [2.75, 3.05) is 0 Å². The first kappa shape index (κ1) is 27.1. The highest BCUT2D eigenvalue weighted by molar-refractivity contribution is 6.22. The third-order valence-electron chi connectivity index (χ3n) is 9.99. The van der Waals surface area contributed by atoms with Gasteiger partial charge in [-0.1, -0.05) is 140 Å². The van der Waals surface area contributed by atoms with Crippen LogP contribution in [0.15, 0.2) is 162 Å². The zero-order valence-corrected chi connectivity index (χ0v) is 26.7. The summed E-state index contributed by atoms with van der Waals surface area (Å²) in [6.45, 7) is 0. The molecule has 0 fully saturated rings. The lowest BCUT2D eigenvalue weighted by atomic mass is 9.91. The SMILES string of the molecule is c1ccc(-c2nc(-c3ccccc3)nc(-c3cc4c(c5oc6ccccc6c35)-c3ccccc3-c3cccc5c6ccccc6n-4c35)n2)cc1. The number of nitrogens with zero attached hydrogens (tertiary/aromatic N) is 4. The van der Waals surface area contributed by atoms with E-state index in [0.29, 0.717) is 17.5 Å². The average molecular weight is 639 g/mol. The Bertz CT molecular complexity index is 2920. The molecule has 5 heteroatoms. The van der Waals surface area contributed by atoms with E-state index in [1.807, 2.05) is 72.8 Å². The van der Waals surface area contributed by atoms with Crippen LogP contribution < -0.4 is 0 Å². The number of para-hydroxylation sites is 3. The molecule has 7 aromatic carbocycles. The Balaban J connectivity index is 1.35. The topological polar surface area (TPSA) is 56.7 Å². The molecule has 0 spiro atoms. The first-order valence-electron chi connectivity index (χ1n) is 16.8. The lowest BCUT2D eigenvalue weighted by Crippen LogP contribution is -2.02. The van der Waals surface area contributed by atoms with Gasteiger partial charge in [-0.05, 0) is 29.3 Å². The van der Waals surface area contributed by atoms with E-state index in [0.717, 1.165) is 61.0 Å². The van der Waals surface area contributed by atoms with Gasteiger partial charge in [0.1, 0.15) is 11.2 Å². The van der Waals surface area contributed by atoms with Crippen molar-refractivity contribution in [2.45, 2.75) is 0 Å². The minimum atomic E-state index is 0.593. The van der Waals surface area contributed by atoms with E-state index < -0.39 is 0 Å². The number of furan rings is 1. The first-order valence-corrected chi connectivity index (χ1v) is 16.8. The van der Waals surface area contributed by atoms with Crippen molar-refractivity contribution >= 4 is 43.7 Å². The minimum absolute atomic E-state index is 0.593. The number of rotatable bonds is 3. The van der Waals surface area contributed by atoms with Gasteiger partial charge in [0.25, 0.3) is 0 Å². The summed E-state index contributed by atoms with van der Waals surface area (Å²) >= 11 is 0. The van der Waals surface area contributed by atoms with E-state index >= 15 is 0 Å². The molecular weight excluding hydrogens is 613 g/mol. The van der Waals surface area contributed by atoms with Crippen LogP contribution in [-0.2, 0) is 0 Å². The molecule has 10 aromatic rings. The van der Waals surface area contributed by atoms with Gasteiger partial charge in [-0.15, -0.1) is 0 Å². The molecule has 0 N–H and O–H groups in total. The van der Waals surface area contributed by atoms with Crippen LogP contribution in [0.5, 0.6) is 0 Å². The third-order valence-corrected chi connectivity index (χ3v) is 9.99. The van der Waals surface area contributed by atoms with Crippen LogP contribution in [0.2, 0.25) is 0 Å². The molecule has 3 aromatic heterocycles. The van der Waals surface area contributed by atoms with Gasteiger partial charge in [-0.3, -0.25) is 0 Å². The molecule has 11 rings (SSSR count). The molecule has 0 saturated carbocycles. The summed E-state index contributed by atoms with van der Waals surface area (Å²) in [5.41, 5.74) is 12.3. The molecule has 232 valence electrons. The maximum absolute atomic E-state index is 6.95. The molecule has 0 radical (unpaired) electrons. The second-order valence-corrected chi connectivity index (χ2v) is 12.8. The number of benzene rings is 7. The first-order chi connectivity index (χ1) is 24.8. The van der Waals surface area contributed by atoms with Crippen LogP contribution in [0.25, 0.3) is 106 Å². The Morgan fingerprint density at radius 1 is 0.440 bits per heavy atom. The van der Waals surface area contributed by atoms with Crippen molar-refractivity contribution in [1.29, 1.82) is 0 Å². The van der Waals surface area contributed by atoms with E-state index in [9.17, 15) is 0 Å². The summed E-state index contributed by atoms with van der Waals surface area (Å²) in [4.78, 5) is 15.4. The molecule has 0 aliphatic carbocycles. The molecule has 0 bridgehead atoms. The second kappa shape index (κ2) is 10.3. The fourth-order valence-electron chi connectivity index (χ4n) is 7.85. The van der Waals surface area contributed by atoms with E-state index in [-0.39, 0.29) is 0 Å². The predicted molar refractivity (Wildman–Crippen MR) is 202 cm³/mol. The minimum Gasteiger partial charge on any atom is -0.455 e. The molecule has 1 aliphatic rings. The highest BCUT2D eigenvalue weighted by Crippen LogP contribution is 2.52. The molecular formula is C45H26N4O. The van der Waals surface area contributed by atoms with Gasteiger partial charge in [-0.2, -0.15) is 0 Å². The van der Waals surface area contributed by atoms with E-state index in [1.54, 1.807) is 0 Å². The van der Waals surface area contributed by atoms with Crippen LogP contribution >= 0.6 is 0 Å². The summed E-state index contributed by atoms with van der Waals surface area (Å²) in [6.07, 6.45) is 0. The number of aromatic nitrogens is 4. The van der Waals surface area contributed by atoms with Crippen molar-refractivity contribution < 1.29 is 4.42 Å². The molecule has 0 atom stereocenters. The van der Waals surface area contributed by atoms with Crippen molar-refractivity contribution in [2.24, 2.45) is 0 Å². The fraction of sp³-hybridized carbons (Fsp3) is 0. The Hall–Kier alpha value is -6.85. The highest BCUT2D eigenvalue weighted by Gasteiger charge is 2.30. The Morgan fingerprint density at radius 2 is 1.02 bits per heavy atom. The van der Waals surface area contributed by atoms with Gasteiger partial charge in [-0.25, -0.2) is 15.0 Å². The smallest absolute Gasteiger partial charge is 0.164 e. The van der Waals surface area contributed by atoms with Crippen molar-refractivity contribution in [1.82, 2.24) is 19.5 Å². The largest absolute Gasteiger partial charge is 0.455 e. The van der Waals surface area contributed by atoms with Gasteiger partial charge in [0.2, 0.25) is 0 Å². The van der Waals surface area contributed by atoms with Crippen LogP contribution in [0.1, 0.15) is 0 Å². The molecule has 0 saturated heterocycles. The Kier molecular flexibility index (Phi) is 5.60. The lowest BCUT2D eigenvalue weighted by Gasteiger charge is -2.16. The summed E-state index contributed by atoms with van der Waals surface area (Å²) < 4.78 is 9.37. The van der Waals surface area contributed by atoms with Crippen molar-refractivity contribution in [3.8, 4) is 62.1 Å². The van der Waals surface area contributed by atoms with Gasteiger partial charge in [0.05, 0.1) is 16.7 Å². The van der Waals surface area contributed by atoms with Gasteiger partial charge in [0, 0.05) is 49.4 Å². The highest BCUT2D eigenvalue weighted by atomic mass is 16.3. The summed E-state index contributed by atoms with van der Waals surface area (Å²) in [5.74, 6) is 1.83. The molecule has 5 nitrogen and oxygen atoms in total. The summed E-state index contributed by atoms with van der Waals surface area (Å²) in [5, 5.41) is 4.42. The van der Waals surface area contributed by atoms with Crippen LogP contribution in [0, 0.1) is 0 Å². The van der Waals surface area contributed by atoms with Crippen molar-refractivity contribution in [3.63, 3.8) is 0 Å². The quantitative estimate of drug-likeness (QED) is 0.193. The number of fused-ring (bicyclic) bond motifs is 12. The van der Waals surface area contributed by atoms with Crippen LogP contribution in [-0.4, -0.2) is 19.5 Å². The van der Waals surface area contributed by atoms with Gasteiger partial charge >= 0.3 is 0 Å². The Labute approximate surface area is 286 Å². The number of hydrogen-bond donors (Lipinski definition) is 0. The maximum Gasteiger partial charge on any atom is 0.164 e. The molecule has 4 heterocycles. The second-order valence-electron chi connectivity index (χ2n) is 12.8. The zero-order chi connectivity index (χ0) is 32.8. The molecule has 50 heavy (non-hydrogen) atoms. The maximum atomic E-state index is 6.95. The fourth-order valence-corrected chi connectivity index (χ4v) is 7.85. The van der Waals surface area contributed by atoms with E-state index in [2.05, 4.69) is 89.5 Å². The monoisotopic (exact) mass is 638 g/mol. The van der Waals surface area contributed by atoms with Crippen LogP contribution in [0.3, 0.4) is 0 Å². The summed E-state index contributed by atoms with van der Waals surface area (Å²) in [6, 6.07) is 54.8. The molecule has 0 unspecified atom stereocenters. The van der Waals surface area contributed by atoms with Gasteiger partial charge < -0.3 is 8.98 Å². The normalized spacial score (nSPS) is 12.0. The van der Waals surface area contributed by atoms with Crippen molar-refractivity contribution in [3.05, 3.63) is 158 Å². The molecule has 1 aliphatic heterocycles. The average Bonchev–Trinajstić information content (AvgIpc) is 3.70. The third kappa shape index (κ3) is 3.80. The van der Waals surface area contributed by atoms with Gasteiger partial charge in [0.15, 0.2) is 17.5 Å². The summed E-state index contributed by atoms with van der Waals surface area (Å²) in [7, 11) is 0. The van der Waals surface area contributed by atoms with E-state index in [1.165, 1.54) is 27.4 Å². The zero-order valence-electron chi connectivity index (χ0n) is 26.7. The van der Waals surface area contributed by atoms with Crippen LogP contribution in [0.4, 0.5) is 0 Å². The lowest BCUT2D eigenvalue weighted by molar-refractivity contribution is 0.670.